The van der Waals surface area contributed by atoms with Crippen molar-refractivity contribution >= 4 is 38.2 Å². The molecule has 3 aromatic carbocycles. The zero-order valence-electron chi connectivity index (χ0n) is 18.1. The van der Waals surface area contributed by atoms with E-state index >= 15 is 0 Å². The van der Waals surface area contributed by atoms with Crippen molar-refractivity contribution in [3.8, 4) is 0 Å². The molecular formula is C25H22FN3O3S. The standard InChI is InChI=1S/C25H22FN3O3S/c1-16-22-8-3-4-9-24(22)27-17(2)23(16)15-25(30)28-19-10-12-21(13-11-19)33(31,32)29-20-7-5-6-18(26)14-20/h3-14,29H,15H2,1-2H3,(H,28,30). The van der Waals surface area contributed by atoms with Crippen LogP contribution in [0.25, 0.3) is 10.9 Å². The Morgan fingerprint density at radius 2 is 1.67 bits per heavy atom. The first-order valence-corrected chi connectivity index (χ1v) is 11.7. The normalized spacial score (nSPS) is 11.4. The molecule has 4 rings (SSSR count). The topological polar surface area (TPSA) is 88.2 Å². The van der Waals surface area contributed by atoms with Crippen molar-refractivity contribution in [3.63, 3.8) is 0 Å². The Morgan fingerprint density at radius 3 is 2.39 bits per heavy atom. The van der Waals surface area contributed by atoms with Gasteiger partial charge in [0.1, 0.15) is 5.82 Å². The van der Waals surface area contributed by atoms with Crippen LogP contribution < -0.4 is 10.0 Å². The van der Waals surface area contributed by atoms with Crippen LogP contribution in [-0.2, 0) is 21.2 Å². The molecule has 1 aromatic heterocycles. The summed E-state index contributed by atoms with van der Waals surface area (Å²) in [6.45, 7) is 3.86. The van der Waals surface area contributed by atoms with Gasteiger partial charge in [-0.1, -0.05) is 24.3 Å². The SMILES string of the molecule is Cc1nc2ccccc2c(C)c1CC(=O)Nc1ccc(S(=O)(=O)Nc2cccc(F)c2)cc1. The maximum absolute atomic E-state index is 13.3. The van der Waals surface area contributed by atoms with Crippen LogP contribution in [-0.4, -0.2) is 19.3 Å². The van der Waals surface area contributed by atoms with E-state index in [1.165, 1.54) is 42.5 Å². The van der Waals surface area contributed by atoms with Crippen molar-refractivity contribution < 1.29 is 17.6 Å². The van der Waals surface area contributed by atoms with Gasteiger partial charge in [-0.25, -0.2) is 12.8 Å². The lowest BCUT2D eigenvalue weighted by molar-refractivity contribution is -0.115. The average Bonchev–Trinajstić information content (AvgIpc) is 2.77. The summed E-state index contributed by atoms with van der Waals surface area (Å²) in [5, 5.41) is 3.80. The van der Waals surface area contributed by atoms with Gasteiger partial charge in [-0.15, -0.1) is 0 Å². The lowest BCUT2D eigenvalue weighted by atomic mass is 9.99. The van der Waals surface area contributed by atoms with Gasteiger partial charge in [0, 0.05) is 16.8 Å². The fourth-order valence-corrected chi connectivity index (χ4v) is 4.73. The highest BCUT2D eigenvalue weighted by atomic mass is 32.2. The molecule has 0 saturated heterocycles. The number of pyridine rings is 1. The average molecular weight is 464 g/mol. The molecule has 0 fully saturated rings. The second-order valence-corrected chi connectivity index (χ2v) is 9.37. The molecule has 0 spiro atoms. The van der Waals surface area contributed by atoms with E-state index in [2.05, 4.69) is 15.0 Å². The second-order valence-electron chi connectivity index (χ2n) is 7.68. The van der Waals surface area contributed by atoms with E-state index in [-0.39, 0.29) is 22.9 Å². The molecule has 6 nitrogen and oxygen atoms in total. The second kappa shape index (κ2) is 8.99. The number of hydrogen-bond donors (Lipinski definition) is 2. The maximum atomic E-state index is 13.3. The molecule has 0 atom stereocenters. The number of carbonyl (C=O) groups is 1. The number of benzene rings is 3. The van der Waals surface area contributed by atoms with E-state index in [0.717, 1.165) is 33.8 Å². The van der Waals surface area contributed by atoms with E-state index in [4.69, 9.17) is 0 Å². The van der Waals surface area contributed by atoms with Crippen LogP contribution in [0.15, 0.2) is 77.7 Å². The van der Waals surface area contributed by atoms with Gasteiger partial charge in [0.15, 0.2) is 0 Å². The molecular weight excluding hydrogens is 441 g/mol. The molecule has 8 heteroatoms. The molecule has 33 heavy (non-hydrogen) atoms. The molecule has 1 amide bonds. The largest absolute Gasteiger partial charge is 0.326 e. The van der Waals surface area contributed by atoms with E-state index in [1.807, 2.05) is 38.1 Å². The molecule has 0 saturated carbocycles. The molecule has 1 heterocycles. The Kier molecular flexibility index (Phi) is 6.11. The molecule has 168 valence electrons. The van der Waals surface area contributed by atoms with Gasteiger partial charge in [-0.05, 0) is 73.5 Å². The van der Waals surface area contributed by atoms with E-state index < -0.39 is 15.8 Å². The highest BCUT2D eigenvalue weighted by molar-refractivity contribution is 7.92. The molecule has 0 aliphatic heterocycles. The molecule has 0 radical (unpaired) electrons. The van der Waals surface area contributed by atoms with Gasteiger partial charge in [0.25, 0.3) is 10.0 Å². The number of aromatic nitrogens is 1. The monoisotopic (exact) mass is 463 g/mol. The summed E-state index contributed by atoms with van der Waals surface area (Å²) in [4.78, 5) is 17.3. The van der Waals surface area contributed by atoms with Gasteiger partial charge in [-0.3, -0.25) is 14.5 Å². The lowest BCUT2D eigenvalue weighted by Gasteiger charge is -2.13. The number of carbonyl (C=O) groups excluding carboxylic acids is 1. The van der Waals surface area contributed by atoms with Gasteiger partial charge in [-0.2, -0.15) is 0 Å². The van der Waals surface area contributed by atoms with Crippen molar-refractivity contribution in [1.29, 1.82) is 0 Å². The van der Waals surface area contributed by atoms with Gasteiger partial charge >= 0.3 is 0 Å². The van der Waals surface area contributed by atoms with Crippen molar-refractivity contribution in [1.82, 2.24) is 4.98 Å². The quantitative estimate of drug-likeness (QED) is 0.422. The smallest absolute Gasteiger partial charge is 0.261 e. The number of amides is 1. The van der Waals surface area contributed by atoms with Crippen LogP contribution in [0.4, 0.5) is 15.8 Å². The number of fused-ring (bicyclic) bond motifs is 1. The number of aryl methyl sites for hydroxylation is 2. The number of halogens is 1. The molecule has 4 aromatic rings. The third-order valence-electron chi connectivity index (χ3n) is 5.35. The molecule has 0 bridgehead atoms. The van der Waals surface area contributed by atoms with Crippen LogP contribution in [0, 0.1) is 19.7 Å². The summed E-state index contributed by atoms with van der Waals surface area (Å²) >= 11 is 0. The van der Waals surface area contributed by atoms with E-state index in [9.17, 15) is 17.6 Å². The minimum atomic E-state index is -3.89. The highest BCUT2D eigenvalue weighted by Gasteiger charge is 2.16. The fraction of sp³-hybridized carbons (Fsp3) is 0.120. The molecule has 0 unspecified atom stereocenters. The number of nitrogens with zero attached hydrogens (tertiary/aromatic N) is 1. The lowest BCUT2D eigenvalue weighted by Crippen LogP contribution is -2.17. The minimum Gasteiger partial charge on any atom is -0.326 e. The van der Waals surface area contributed by atoms with Crippen LogP contribution in [0.3, 0.4) is 0 Å². The van der Waals surface area contributed by atoms with Gasteiger partial charge in [0.05, 0.1) is 22.5 Å². The molecule has 0 aliphatic carbocycles. The Morgan fingerprint density at radius 1 is 0.939 bits per heavy atom. The van der Waals surface area contributed by atoms with Gasteiger partial charge < -0.3 is 5.32 Å². The summed E-state index contributed by atoms with van der Waals surface area (Å²) in [6, 6.07) is 18.8. The minimum absolute atomic E-state index is 0.00446. The Bertz CT molecular complexity index is 1450. The zero-order valence-corrected chi connectivity index (χ0v) is 18.9. The first-order valence-electron chi connectivity index (χ1n) is 10.3. The predicted molar refractivity (Wildman–Crippen MR) is 127 cm³/mol. The van der Waals surface area contributed by atoms with Crippen LogP contribution in [0.1, 0.15) is 16.8 Å². The maximum Gasteiger partial charge on any atom is 0.261 e. The Hall–Kier alpha value is -3.78. The molecule has 2 N–H and O–H groups in total. The third-order valence-corrected chi connectivity index (χ3v) is 6.75. The fourth-order valence-electron chi connectivity index (χ4n) is 3.68. The van der Waals surface area contributed by atoms with E-state index in [0.29, 0.717) is 5.69 Å². The van der Waals surface area contributed by atoms with Crippen LogP contribution in [0.2, 0.25) is 0 Å². The number of anilines is 2. The summed E-state index contributed by atoms with van der Waals surface area (Å²) in [5.41, 5.74) is 4.16. The summed E-state index contributed by atoms with van der Waals surface area (Å²) < 4.78 is 40.7. The summed E-state index contributed by atoms with van der Waals surface area (Å²) in [5.74, 6) is -0.771. The molecule has 0 aliphatic rings. The van der Waals surface area contributed by atoms with Gasteiger partial charge in [0.2, 0.25) is 5.91 Å². The zero-order chi connectivity index (χ0) is 23.6. The van der Waals surface area contributed by atoms with Crippen molar-refractivity contribution in [2.24, 2.45) is 0 Å². The highest BCUT2D eigenvalue weighted by Crippen LogP contribution is 2.24. The van der Waals surface area contributed by atoms with Crippen LogP contribution >= 0.6 is 0 Å². The number of hydrogen-bond acceptors (Lipinski definition) is 4. The van der Waals surface area contributed by atoms with Crippen molar-refractivity contribution in [2.75, 3.05) is 10.0 Å². The first kappa shape index (κ1) is 22.4. The Balaban J connectivity index is 1.47. The number of rotatable bonds is 6. The number of para-hydroxylation sites is 1. The van der Waals surface area contributed by atoms with Crippen molar-refractivity contribution in [3.05, 3.63) is 95.4 Å². The summed E-state index contributed by atoms with van der Waals surface area (Å²) in [7, 11) is -3.89. The third kappa shape index (κ3) is 5.01. The predicted octanol–water partition coefficient (Wildman–Crippen LogP) is 4.97. The number of nitrogens with one attached hydrogen (secondary N) is 2. The van der Waals surface area contributed by atoms with Crippen molar-refractivity contribution in [2.45, 2.75) is 25.2 Å². The Labute approximate surface area is 191 Å². The number of sulfonamides is 1. The first-order chi connectivity index (χ1) is 15.7. The summed E-state index contributed by atoms with van der Waals surface area (Å²) in [6.07, 6.45) is 0.149. The van der Waals surface area contributed by atoms with Crippen LogP contribution in [0.5, 0.6) is 0 Å². The van der Waals surface area contributed by atoms with E-state index in [1.54, 1.807) is 0 Å².